The number of phosphoric ester groups is 1. The van der Waals surface area contributed by atoms with Crippen LogP contribution in [-0.4, -0.2) is 49.3 Å². The standard InChI is InChI=1S/C47H80NO8P/c1-3-5-7-9-11-13-15-17-19-21-22-24-25-27-29-31-33-35-37-39-46(49)53-43-45(44-55-57(51,52)54-42-41-48)56-47(50)40-38-36-34-32-30-28-26-23-20-18-16-14-12-10-8-6-4-2/h5,7,11-14,17-20,22,24,27,29,45H,3-4,6,8-10,15-16,21,23,25-26,28,30-44,48H2,1-2H3,(H,51,52)/b7-5+,13-11+,14-12+,19-17+,20-18+,24-22+,29-27+/t45-/m1/s1. The number of hydrogen-bond acceptors (Lipinski definition) is 8. The van der Waals surface area contributed by atoms with Crippen molar-refractivity contribution in [3.8, 4) is 0 Å². The first kappa shape index (κ1) is 54.2. The molecule has 0 heterocycles. The Balaban J connectivity index is 4.24. The number of hydrogen-bond donors (Lipinski definition) is 2. The molecule has 10 heteroatoms. The van der Waals surface area contributed by atoms with E-state index in [9.17, 15) is 19.0 Å². The van der Waals surface area contributed by atoms with Gasteiger partial charge in [0.25, 0.3) is 0 Å². The minimum atomic E-state index is -4.39. The summed E-state index contributed by atoms with van der Waals surface area (Å²) in [6.07, 6.45) is 53.2. The van der Waals surface area contributed by atoms with Crippen LogP contribution in [0, 0.1) is 0 Å². The highest BCUT2D eigenvalue weighted by atomic mass is 31.2. The summed E-state index contributed by atoms with van der Waals surface area (Å²) >= 11 is 0. The molecule has 0 bridgehead atoms. The van der Waals surface area contributed by atoms with Gasteiger partial charge in [0.15, 0.2) is 6.10 Å². The van der Waals surface area contributed by atoms with Gasteiger partial charge in [0.2, 0.25) is 0 Å². The number of rotatable bonds is 40. The third-order valence-corrected chi connectivity index (χ3v) is 9.75. The zero-order valence-electron chi connectivity index (χ0n) is 35.8. The number of esters is 2. The average molecular weight is 818 g/mol. The number of carbonyl (C=O) groups excluding carboxylic acids is 2. The lowest BCUT2D eigenvalue weighted by Crippen LogP contribution is -2.29. The van der Waals surface area contributed by atoms with E-state index in [4.69, 9.17) is 24.3 Å². The Kier molecular flexibility index (Phi) is 40.7. The Morgan fingerprint density at radius 3 is 1.46 bits per heavy atom. The summed E-state index contributed by atoms with van der Waals surface area (Å²) in [7, 11) is -4.39. The number of nitrogens with two attached hydrogens (primary N) is 1. The molecule has 0 rings (SSSR count). The van der Waals surface area contributed by atoms with Crippen molar-refractivity contribution < 1.29 is 37.6 Å². The van der Waals surface area contributed by atoms with Crippen LogP contribution in [0.5, 0.6) is 0 Å². The van der Waals surface area contributed by atoms with E-state index >= 15 is 0 Å². The maximum Gasteiger partial charge on any atom is 0.472 e. The molecule has 0 radical (unpaired) electrons. The van der Waals surface area contributed by atoms with Crippen molar-refractivity contribution in [2.75, 3.05) is 26.4 Å². The minimum Gasteiger partial charge on any atom is -0.462 e. The highest BCUT2D eigenvalue weighted by Gasteiger charge is 2.26. The normalized spacial score (nSPS) is 14.1. The van der Waals surface area contributed by atoms with Gasteiger partial charge in [0.05, 0.1) is 13.2 Å². The van der Waals surface area contributed by atoms with Crippen LogP contribution < -0.4 is 5.73 Å². The quantitative estimate of drug-likeness (QED) is 0.0268. The Morgan fingerprint density at radius 2 is 0.965 bits per heavy atom. The molecule has 0 aliphatic rings. The van der Waals surface area contributed by atoms with Crippen molar-refractivity contribution in [3.63, 3.8) is 0 Å². The Bertz CT molecular complexity index is 1210. The van der Waals surface area contributed by atoms with Gasteiger partial charge in [-0.15, -0.1) is 0 Å². The number of carbonyl (C=O) groups is 2. The van der Waals surface area contributed by atoms with Crippen LogP contribution in [0.1, 0.15) is 168 Å². The second kappa shape index (κ2) is 42.8. The van der Waals surface area contributed by atoms with Gasteiger partial charge in [-0.3, -0.25) is 18.6 Å². The fourth-order valence-corrected chi connectivity index (χ4v) is 6.28. The summed E-state index contributed by atoms with van der Waals surface area (Å²) in [5.41, 5.74) is 5.35. The van der Waals surface area contributed by atoms with Crippen LogP contribution >= 0.6 is 7.82 Å². The molecule has 1 unspecified atom stereocenters. The fraction of sp³-hybridized carbons (Fsp3) is 0.660. The third-order valence-electron chi connectivity index (χ3n) is 8.77. The van der Waals surface area contributed by atoms with E-state index in [-0.39, 0.29) is 32.6 Å². The second-order valence-electron chi connectivity index (χ2n) is 14.2. The van der Waals surface area contributed by atoms with Gasteiger partial charge in [0, 0.05) is 19.4 Å². The first-order valence-electron chi connectivity index (χ1n) is 22.1. The fourth-order valence-electron chi connectivity index (χ4n) is 5.51. The lowest BCUT2D eigenvalue weighted by Gasteiger charge is -2.19. The first-order valence-corrected chi connectivity index (χ1v) is 23.6. The van der Waals surface area contributed by atoms with Crippen LogP contribution in [0.15, 0.2) is 85.1 Å². The van der Waals surface area contributed by atoms with Crippen LogP contribution in [0.4, 0.5) is 0 Å². The Hall–Kier alpha value is -2.81. The largest absolute Gasteiger partial charge is 0.472 e. The van der Waals surface area contributed by atoms with Crippen molar-refractivity contribution in [1.29, 1.82) is 0 Å². The van der Waals surface area contributed by atoms with Crippen LogP contribution in [0.25, 0.3) is 0 Å². The van der Waals surface area contributed by atoms with Crippen molar-refractivity contribution in [2.45, 2.75) is 174 Å². The third kappa shape index (κ3) is 42.6. The number of allylic oxidation sites excluding steroid dienone is 14. The zero-order valence-corrected chi connectivity index (χ0v) is 36.7. The van der Waals surface area contributed by atoms with E-state index in [1.807, 2.05) is 0 Å². The number of phosphoric acid groups is 1. The van der Waals surface area contributed by atoms with Gasteiger partial charge in [-0.1, -0.05) is 150 Å². The smallest absolute Gasteiger partial charge is 0.462 e. The summed E-state index contributed by atoms with van der Waals surface area (Å²) in [5, 5.41) is 0. The molecule has 0 amide bonds. The van der Waals surface area contributed by atoms with Gasteiger partial charge in [-0.25, -0.2) is 4.57 Å². The zero-order chi connectivity index (χ0) is 41.8. The number of unbranched alkanes of at least 4 members (excludes halogenated alkanes) is 13. The molecule has 0 saturated heterocycles. The van der Waals surface area contributed by atoms with Gasteiger partial charge in [0.1, 0.15) is 6.61 Å². The molecule has 326 valence electrons. The summed E-state index contributed by atoms with van der Waals surface area (Å²) in [6, 6.07) is 0. The Labute approximate surface area is 347 Å². The molecule has 0 saturated carbocycles. The van der Waals surface area contributed by atoms with Crippen LogP contribution in [0.2, 0.25) is 0 Å². The van der Waals surface area contributed by atoms with Gasteiger partial charge in [-0.2, -0.15) is 0 Å². The van der Waals surface area contributed by atoms with E-state index in [0.29, 0.717) is 12.8 Å². The maximum absolute atomic E-state index is 12.6. The van der Waals surface area contributed by atoms with Gasteiger partial charge >= 0.3 is 19.8 Å². The van der Waals surface area contributed by atoms with Crippen LogP contribution in [0.3, 0.4) is 0 Å². The predicted molar refractivity (Wildman–Crippen MR) is 238 cm³/mol. The molecule has 9 nitrogen and oxygen atoms in total. The molecule has 0 aliphatic carbocycles. The maximum atomic E-state index is 12.6. The molecule has 0 aromatic rings. The van der Waals surface area contributed by atoms with Crippen molar-refractivity contribution in [1.82, 2.24) is 0 Å². The molecule has 0 aromatic carbocycles. The summed E-state index contributed by atoms with van der Waals surface area (Å²) < 4.78 is 32.8. The second-order valence-corrected chi connectivity index (χ2v) is 15.6. The summed E-state index contributed by atoms with van der Waals surface area (Å²) in [5.74, 6) is -0.883. The van der Waals surface area contributed by atoms with E-state index in [1.165, 1.54) is 44.9 Å². The molecule has 0 spiro atoms. The summed E-state index contributed by atoms with van der Waals surface area (Å²) in [6.45, 7) is 3.53. The highest BCUT2D eigenvalue weighted by molar-refractivity contribution is 7.47. The Morgan fingerprint density at radius 1 is 0.544 bits per heavy atom. The number of ether oxygens (including phenoxy) is 2. The van der Waals surface area contributed by atoms with E-state index in [1.54, 1.807) is 0 Å². The molecule has 0 aromatic heterocycles. The molecule has 57 heavy (non-hydrogen) atoms. The SMILES string of the molecule is CC/C=C/C/C=C/C/C=C/C/C=C/C/C=C/CCCCCC(=O)OC[C@H](COP(=O)(O)OCCN)OC(=O)CCCCCCCCC/C=C/C/C=C/CCCCC. The molecule has 0 fully saturated rings. The van der Waals surface area contributed by atoms with Crippen molar-refractivity contribution in [2.24, 2.45) is 5.73 Å². The minimum absolute atomic E-state index is 0.0426. The monoisotopic (exact) mass is 818 g/mol. The van der Waals surface area contributed by atoms with E-state index in [0.717, 1.165) is 83.5 Å². The molecule has 2 atom stereocenters. The van der Waals surface area contributed by atoms with Crippen LogP contribution in [-0.2, 0) is 32.7 Å². The van der Waals surface area contributed by atoms with Gasteiger partial charge < -0.3 is 20.1 Å². The molecule has 3 N–H and O–H groups in total. The molecular formula is C47H80NO8P. The topological polar surface area (TPSA) is 134 Å². The van der Waals surface area contributed by atoms with Gasteiger partial charge in [-0.05, 0) is 89.9 Å². The lowest BCUT2D eigenvalue weighted by atomic mass is 10.1. The first-order chi connectivity index (χ1) is 27.8. The summed E-state index contributed by atoms with van der Waals surface area (Å²) in [4.78, 5) is 34.9. The predicted octanol–water partition coefficient (Wildman–Crippen LogP) is 12.8. The van der Waals surface area contributed by atoms with E-state index < -0.39 is 32.5 Å². The molecule has 0 aliphatic heterocycles. The highest BCUT2D eigenvalue weighted by Crippen LogP contribution is 2.43. The van der Waals surface area contributed by atoms with Crippen molar-refractivity contribution in [3.05, 3.63) is 85.1 Å². The lowest BCUT2D eigenvalue weighted by molar-refractivity contribution is -0.161. The van der Waals surface area contributed by atoms with Crippen molar-refractivity contribution >= 4 is 19.8 Å². The average Bonchev–Trinajstić information content (AvgIpc) is 3.20. The molecular weight excluding hydrogens is 737 g/mol. The van der Waals surface area contributed by atoms with E-state index in [2.05, 4.69) is 98.9 Å².